The third-order valence-electron chi connectivity index (χ3n) is 14.6. The van der Waals surface area contributed by atoms with E-state index in [1.807, 2.05) is 19.9 Å². The number of benzene rings is 4. The number of hydrogen-bond donors (Lipinski definition) is 2. The zero-order chi connectivity index (χ0) is 61.1. The Morgan fingerprint density at radius 3 is 1.37 bits per heavy atom. The Kier molecular flexibility index (Phi) is 21.4. The van der Waals surface area contributed by atoms with Crippen LogP contribution in [0.3, 0.4) is 0 Å². The van der Waals surface area contributed by atoms with Gasteiger partial charge in [-0.25, -0.2) is 8.78 Å². The quantitative estimate of drug-likeness (QED) is 0.0998. The highest BCUT2D eigenvalue weighted by Gasteiger charge is 2.62. The standard InChI is InChI=1S/C28H28F4N4O5.C22H17F4N3O2.C5H13NO.CO2/c1-16(25(40-2)41-3)34-24(38)19-11-27(12-19)26(39)35(22-9-6-18(13-33)10-21(22)29)15-23(37)36(27)14-17-4-7-20(8-5-17)28(30,31)32;23-17-10-15(11-27)4-7-18(17)28-13-19(30)29(21(20(28)31)8-1-9-21)12-14-2-5-16(6-3-14)22(24,25)26;1-4(6)5(2)7-3;2-1-3/h4-10,16,19,25H,11-12,14-15H2,1-3H3,(H,34,38);2-7,10H,1,8-9,12-13H2;4-5H,6H2,1-3H3;. The van der Waals surface area contributed by atoms with Crippen LogP contribution < -0.4 is 20.9 Å². The number of nitrogens with one attached hydrogen (secondary N) is 1. The summed E-state index contributed by atoms with van der Waals surface area (Å²) in [6.07, 6.45) is -7.98. The number of amides is 5. The second kappa shape index (κ2) is 27.1. The summed E-state index contributed by atoms with van der Waals surface area (Å²) in [5.74, 6) is -4.77. The molecule has 438 valence electrons. The Morgan fingerprint density at radius 2 is 1.06 bits per heavy atom. The first kappa shape index (κ1) is 64.7. The minimum absolute atomic E-state index is 0.00754. The monoisotopic (exact) mass is 1150 g/mol. The zero-order valence-corrected chi connectivity index (χ0v) is 45.2. The van der Waals surface area contributed by atoms with E-state index in [1.165, 1.54) is 72.6 Å². The van der Waals surface area contributed by atoms with Gasteiger partial charge in [0, 0.05) is 46.4 Å². The number of nitrogens with two attached hydrogens (primary N) is 1. The van der Waals surface area contributed by atoms with Crippen molar-refractivity contribution in [3.8, 4) is 12.1 Å². The molecule has 8 rings (SSSR count). The number of rotatable bonds is 13. The second-order valence-electron chi connectivity index (χ2n) is 19.7. The largest absolute Gasteiger partial charge is 0.416 e. The zero-order valence-electron chi connectivity index (χ0n) is 45.2. The number of hydrogen-bond acceptors (Lipinski definition) is 13. The molecule has 4 aromatic rings. The maximum atomic E-state index is 14.9. The van der Waals surface area contributed by atoms with Gasteiger partial charge in [0.1, 0.15) is 35.8 Å². The molecule has 4 aliphatic rings. The van der Waals surface area contributed by atoms with Crippen LogP contribution in [-0.2, 0) is 73.2 Å². The Labute approximate surface area is 466 Å². The van der Waals surface area contributed by atoms with E-state index >= 15 is 0 Å². The van der Waals surface area contributed by atoms with Crippen molar-refractivity contribution in [1.29, 1.82) is 10.5 Å². The average Bonchev–Trinajstić information content (AvgIpc) is 3.57. The summed E-state index contributed by atoms with van der Waals surface area (Å²) >= 11 is 0. The van der Waals surface area contributed by atoms with Crippen molar-refractivity contribution in [1.82, 2.24) is 15.1 Å². The molecular weight excluding hydrogens is 1100 g/mol. The molecule has 3 N–H and O–H groups in total. The Bertz CT molecular complexity index is 3070. The van der Waals surface area contributed by atoms with E-state index in [0.29, 0.717) is 30.4 Å². The van der Waals surface area contributed by atoms with Crippen LogP contribution in [0.15, 0.2) is 84.9 Å². The number of nitriles is 2. The predicted molar refractivity (Wildman–Crippen MR) is 273 cm³/mol. The van der Waals surface area contributed by atoms with Gasteiger partial charge in [-0.15, -0.1) is 0 Å². The normalized spacial score (nSPS) is 19.4. The highest BCUT2D eigenvalue weighted by Crippen LogP contribution is 2.48. The molecular formula is C56H58F8N8O10. The summed E-state index contributed by atoms with van der Waals surface area (Å²) in [5, 5.41) is 20.7. The Balaban J connectivity index is 0.000000264. The van der Waals surface area contributed by atoms with Crippen molar-refractivity contribution in [3.63, 3.8) is 0 Å². The van der Waals surface area contributed by atoms with Crippen molar-refractivity contribution in [2.45, 2.75) is 114 Å². The number of anilines is 2. The van der Waals surface area contributed by atoms with E-state index in [4.69, 9.17) is 40.1 Å². The number of carbonyl (C=O) groups is 5. The number of halogens is 8. The fourth-order valence-corrected chi connectivity index (χ4v) is 9.68. The van der Waals surface area contributed by atoms with E-state index in [9.17, 15) is 59.1 Å². The maximum absolute atomic E-state index is 14.9. The lowest BCUT2D eigenvalue weighted by molar-refractivity contribution is -0.192. The number of ether oxygens (including phenoxy) is 3. The molecule has 2 spiro atoms. The minimum atomic E-state index is -4.54. The lowest BCUT2D eigenvalue weighted by Crippen LogP contribution is -2.74. The number of piperazine rings is 2. The van der Waals surface area contributed by atoms with Gasteiger partial charge in [0.2, 0.25) is 17.7 Å². The van der Waals surface area contributed by atoms with E-state index in [-0.39, 0.29) is 73.3 Å². The van der Waals surface area contributed by atoms with Crippen LogP contribution in [0.1, 0.15) is 86.3 Å². The van der Waals surface area contributed by atoms with Crippen molar-refractivity contribution in [2.75, 3.05) is 44.2 Å². The van der Waals surface area contributed by atoms with E-state index < -0.39 is 101 Å². The number of methoxy groups -OCH3 is 3. The summed E-state index contributed by atoms with van der Waals surface area (Å²) in [7, 11) is 4.49. The fourth-order valence-electron chi connectivity index (χ4n) is 9.68. The van der Waals surface area contributed by atoms with Crippen molar-refractivity contribution < 1.29 is 82.9 Å². The van der Waals surface area contributed by atoms with Gasteiger partial charge < -0.3 is 35.1 Å². The smallest absolute Gasteiger partial charge is 0.380 e. The predicted octanol–water partition coefficient (Wildman–Crippen LogP) is 7.16. The molecule has 0 aromatic heterocycles. The number of alkyl halides is 6. The van der Waals surface area contributed by atoms with Crippen LogP contribution in [0.5, 0.6) is 0 Å². The molecule has 82 heavy (non-hydrogen) atoms. The van der Waals surface area contributed by atoms with Gasteiger partial charge in [-0.05, 0) is 125 Å². The van der Waals surface area contributed by atoms with Crippen molar-refractivity contribution >= 4 is 47.1 Å². The average molecular weight is 1160 g/mol. The van der Waals surface area contributed by atoms with E-state index in [1.54, 1.807) is 20.1 Å². The highest BCUT2D eigenvalue weighted by molar-refractivity contribution is 6.11. The van der Waals surface area contributed by atoms with Crippen molar-refractivity contribution in [2.24, 2.45) is 11.7 Å². The molecule has 3 atom stereocenters. The molecule has 2 aliphatic heterocycles. The topological polar surface area (TPSA) is 246 Å². The molecule has 4 fully saturated rings. The van der Waals surface area contributed by atoms with Gasteiger partial charge in [0.15, 0.2) is 6.29 Å². The molecule has 2 saturated heterocycles. The molecule has 3 unspecified atom stereocenters. The Hall–Kier alpha value is -8.13. The SMILES string of the molecule is COC(C)C(C)N.COC(OC)C(C)NC(=O)C1CC2(C1)C(=O)N(c1ccc(C#N)cc1F)CC(=O)N2Cc1ccc(C(F)(F)F)cc1.N#Cc1ccc(N2CC(=O)N(Cc3ccc(C(F)(F)F)cc3)C3(CCC3)C2=O)c(F)c1.O=C=O. The van der Waals surface area contributed by atoms with Crippen LogP contribution in [-0.4, -0.2) is 115 Å². The molecule has 5 amide bonds. The summed E-state index contributed by atoms with van der Waals surface area (Å²) in [6.45, 7) is 4.44. The van der Waals surface area contributed by atoms with E-state index in [0.717, 1.165) is 46.2 Å². The summed E-state index contributed by atoms with van der Waals surface area (Å²) in [5.41, 5.74) is 1.77. The third-order valence-corrected chi connectivity index (χ3v) is 14.6. The molecule has 0 radical (unpaired) electrons. The summed E-state index contributed by atoms with van der Waals surface area (Å²) < 4.78 is 122. The van der Waals surface area contributed by atoms with Crippen molar-refractivity contribution in [3.05, 3.63) is 130 Å². The highest BCUT2D eigenvalue weighted by atomic mass is 19.4. The van der Waals surface area contributed by atoms with Gasteiger partial charge in [0.05, 0.1) is 57.9 Å². The van der Waals surface area contributed by atoms with Crippen LogP contribution in [0.2, 0.25) is 0 Å². The molecule has 2 aliphatic carbocycles. The van der Waals surface area contributed by atoms with Gasteiger partial charge >= 0.3 is 18.5 Å². The first-order chi connectivity index (χ1) is 38.6. The van der Waals surface area contributed by atoms with Gasteiger partial charge in [-0.1, -0.05) is 24.3 Å². The molecule has 0 bridgehead atoms. The van der Waals surface area contributed by atoms with Crippen LogP contribution in [0.4, 0.5) is 46.5 Å². The summed E-state index contributed by atoms with van der Waals surface area (Å²) in [6, 6.07) is 19.1. The van der Waals surface area contributed by atoms with Crippen LogP contribution in [0.25, 0.3) is 0 Å². The third kappa shape index (κ3) is 14.5. The molecule has 26 heteroatoms. The van der Waals surface area contributed by atoms with Gasteiger partial charge in [0.25, 0.3) is 11.8 Å². The number of carbonyl (C=O) groups excluding carboxylic acids is 7. The Morgan fingerprint density at radius 1 is 0.671 bits per heavy atom. The fraction of sp³-hybridized carbons (Fsp3) is 0.429. The lowest BCUT2D eigenvalue weighted by atomic mass is 9.64. The molecule has 2 saturated carbocycles. The maximum Gasteiger partial charge on any atom is 0.416 e. The van der Waals surface area contributed by atoms with Crippen LogP contribution in [0, 0.1) is 40.2 Å². The molecule has 18 nitrogen and oxygen atoms in total. The molecule has 4 aromatic carbocycles. The van der Waals surface area contributed by atoms with E-state index in [2.05, 4.69) is 5.32 Å². The molecule has 2 heterocycles. The minimum Gasteiger partial charge on any atom is -0.380 e. The van der Waals surface area contributed by atoms with Gasteiger partial charge in [-0.3, -0.25) is 33.8 Å². The van der Waals surface area contributed by atoms with Gasteiger partial charge in [-0.2, -0.15) is 46.5 Å². The summed E-state index contributed by atoms with van der Waals surface area (Å²) in [4.78, 5) is 87.7. The first-order valence-corrected chi connectivity index (χ1v) is 25.2. The number of nitrogens with zero attached hydrogens (tertiary/aromatic N) is 6. The van der Waals surface area contributed by atoms with Crippen LogP contribution >= 0.6 is 0 Å². The first-order valence-electron chi connectivity index (χ1n) is 25.2. The lowest BCUT2D eigenvalue weighted by Gasteiger charge is -2.56. The second-order valence-corrected chi connectivity index (χ2v) is 19.7.